The lowest BCUT2D eigenvalue weighted by Gasteiger charge is -2.31. The zero-order valence-electron chi connectivity index (χ0n) is 11.3. The summed E-state index contributed by atoms with van der Waals surface area (Å²) in [7, 11) is 0. The number of aryl methyl sites for hydroxylation is 1. The van der Waals surface area contributed by atoms with Gasteiger partial charge in [-0.2, -0.15) is 0 Å². The fraction of sp³-hybridized carbons (Fsp3) is 0.714. The Morgan fingerprint density at radius 1 is 1.28 bits per heavy atom. The normalized spacial score (nSPS) is 17.1. The molecule has 1 aliphatic heterocycles. The molecule has 1 aliphatic rings. The maximum atomic E-state index is 5.70. The molecule has 18 heavy (non-hydrogen) atoms. The largest absolute Gasteiger partial charge is 0.341 e. The Kier molecular flexibility index (Phi) is 4.93. The van der Waals surface area contributed by atoms with Gasteiger partial charge in [0.25, 0.3) is 0 Å². The van der Waals surface area contributed by atoms with Crippen LogP contribution < -0.4 is 10.6 Å². The molecule has 0 unspecified atom stereocenters. The van der Waals surface area contributed by atoms with E-state index in [1.807, 2.05) is 12.4 Å². The second-order valence-corrected chi connectivity index (χ2v) is 5.16. The predicted molar refractivity (Wildman–Crippen MR) is 74.6 cm³/mol. The van der Waals surface area contributed by atoms with E-state index in [9.17, 15) is 0 Å². The first kappa shape index (κ1) is 13.3. The molecule has 2 rings (SSSR count). The number of nitrogens with two attached hydrogens (primary N) is 1. The minimum absolute atomic E-state index is 0.685. The van der Waals surface area contributed by atoms with Gasteiger partial charge < -0.3 is 10.6 Å². The molecule has 1 aromatic heterocycles. The fourth-order valence-corrected chi connectivity index (χ4v) is 2.39. The second-order valence-electron chi connectivity index (χ2n) is 5.16. The van der Waals surface area contributed by atoms with Gasteiger partial charge in [-0.1, -0.05) is 13.3 Å². The van der Waals surface area contributed by atoms with E-state index < -0.39 is 0 Å². The first-order valence-corrected chi connectivity index (χ1v) is 7.09. The van der Waals surface area contributed by atoms with Crippen molar-refractivity contribution in [3.63, 3.8) is 0 Å². The minimum Gasteiger partial charge on any atom is -0.341 e. The molecule has 0 aromatic carbocycles. The quantitative estimate of drug-likeness (QED) is 0.866. The molecule has 0 radical (unpaired) electrons. The highest BCUT2D eigenvalue weighted by Gasteiger charge is 2.19. The van der Waals surface area contributed by atoms with Crippen LogP contribution in [0.3, 0.4) is 0 Å². The summed E-state index contributed by atoms with van der Waals surface area (Å²) >= 11 is 0. The Morgan fingerprint density at radius 3 is 2.50 bits per heavy atom. The topological polar surface area (TPSA) is 55.0 Å². The van der Waals surface area contributed by atoms with Gasteiger partial charge in [0.1, 0.15) is 0 Å². The summed E-state index contributed by atoms with van der Waals surface area (Å²) in [5.41, 5.74) is 6.95. The lowest BCUT2D eigenvalue weighted by molar-refractivity contribution is 0.411. The number of anilines is 1. The summed E-state index contributed by atoms with van der Waals surface area (Å²) in [6.45, 7) is 5.09. The molecule has 1 saturated heterocycles. The van der Waals surface area contributed by atoms with E-state index in [4.69, 9.17) is 5.73 Å². The molecule has 0 aliphatic carbocycles. The first-order valence-electron chi connectivity index (χ1n) is 7.09. The molecular formula is C14H24N4. The van der Waals surface area contributed by atoms with Crippen LogP contribution in [-0.4, -0.2) is 29.6 Å². The second kappa shape index (κ2) is 6.69. The van der Waals surface area contributed by atoms with Gasteiger partial charge in [0, 0.05) is 25.5 Å². The van der Waals surface area contributed by atoms with Crippen LogP contribution in [0.15, 0.2) is 12.4 Å². The maximum absolute atomic E-state index is 5.70. The van der Waals surface area contributed by atoms with E-state index in [0.29, 0.717) is 5.92 Å². The van der Waals surface area contributed by atoms with Crippen LogP contribution in [0.25, 0.3) is 0 Å². The van der Waals surface area contributed by atoms with Gasteiger partial charge in [0.05, 0.1) is 0 Å². The Bertz CT molecular complexity index is 341. The standard InChI is InChI=1S/C14H24N4/c1-2-3-4-13-10-16-14(17-11-13)18-7-5-12(9-15)6-8-18/h10-12H,2-9,15H2,1H3. The molecule has 2 N–H and O–H groups in total. The van der Waals surface area contributed by atoms with Crippen molar-refractivity contribution in [2.45, 2.75) is 39.0 Å². The highest BCUT2D eigenvalue weighted by molar-refractivity contribution is 5.30. The number of rotatable bonds is 5. The van der Waals surface area contributed by atoms with Crippen molar-refractivity contribution < 1.29 is 0 Å². The predicted octanol–water partition coefficient (Wildman–Crippen LogP) is 1.99. The van der Waals surface area contributed by atoms with Gasteiger partial charge in [0.15, 0.2) is 0 Å². The smallest absolute Gasteiger partial charge is 0.225 e. The third-order valence-corrected chi connectivity index (χ3v) is 3.74. The van der Waals surface area contributed by atoms with Gasteiger partial charge in [-0.05, 0) is 43.7 Å². The van der Waals surface area contributed by atoms with Gasteiger partial charge in [-0.3, -0.25) is 0 Å². The van der Waals surface area contributed by atoms with Crippen molar-refractivity contribution in [1.29, 1.82) is 0 Å². The van der Waals surface area contributed by atoms with Crippen molar-refractivity contribution in [2.24, 2.45) is 11.7 Å². The average molecular weight is 248 g/mol. The van der Waals surface area contributed by atoms with Crippen LogP contribution in [0.2, 0.25) is 0 Å². The number of piperidine rings is 1. The molecule has 0 amide bonds. The molecule has 100 valence electrons. The average Bonchev–Trinajstić information content (AvgIpc) is 2.46. The molecule has 0 spiro atoms. The van der Waals surface area contributed by atoms with Gasteiger partial charge in [-0.25, -0.2) is 9.97 Å². The van der Waals surface area contributed by atoms with Gasteiger partial charge in [0.2, 0.25) is 5.95 Å². The van der Waals surface area contributed by atoms with E-state index in [1.54, 1.807) is 0 Å². The number of hydrogen-bond acceptors (Lipinski definition) is 4. The molecule has 1 aromatic rings. The zero-order chi connectivity index (χ0) is 12.8. The zero-order valence-corrected chi connectivity index (χ0v) is 11.3. The van der Waals surface area contributed by atoms with Gasteiger partial charge >= 0.3 is 0 Å². The highest BCUT2D eigenvalue weighted by atomic mass is 15.2. The van der Waals surface area contributed by atoms with Crippen molar-refractivity contribution >= 4 is 5.95 Å². The highest BCUT2D eigenvalue weighted by Crippen LogP contribution is 2.19. The van der Waals surface area contributed by atoms with Crippen LogP contribution in [0.4, 0.5) is 5.95 Å². The van der Waals surface area contributed by atoms with E-state index in [1.165, 1.54) is 18.4 Å². The van der Waals surface area contributed by atoms with Crippen LogP contribution in [0, 0.1) is 5.92 Å². The Hall–Kier alpha value is -1.16. The third-order valence-electron chi connectivity index (χ3n) is 3.74. The van der Waals surface area contributed by atoms with E-state index in [-0.39, 0.29) is 0 Å². The van der Waals surface area contributed by atoms with E-state index in [0.717, 1.165) is 44.8 Å². The van der Waals surface area contributed by atoms with Crippen LogP contribution >= 0.6 is 0 Å². The summed E-state index contributed by atoms with van der Waals surface area (Å²) in [5, 5.41) is 0. The SMILES string of the molecule is CCCCc1cnc(N2CCC(CN)CC2)nc1. The number of hydrogen-bond donors (Lipinski definition) is 1. The molecule has 0 atom stereocenters. The first-order chi connectivity index (χ1) is 8.83. The Balaban J connectivity index is 1.89. The monoisotopic (exact) mass is 248 g/mol. The summed E-state index contributed by atoms with van der Waals surface area (Å²) in [6.07, 6.45) is 9.81. The molecule has 2 heterocycles. The number of unbranched alkanes of at least 4 members (excludes halogenated alkanes) is 1. The molecule has 0 saturated carbocycles. The van der Waals surface area contributed by atoms with E-state index >= 15 is 0 Å². The number of nitrogens with zero attached hydrogens (tertiary/aromatic N) is 3. The molecular weight excluding hydrogens is 224 g/mol. The fourth-order valence-electron chi connectivity index (χ4n) is 2.39. The Morgan fingerprint density at radius 2 is 1.94 bits per heavy atom. The number of aromatic nitrogens is 2. The van der Waals surface area contributed by atoms with Crippen LogP contribution in [-0.2, 0) is 6.42 Å². The summed E-state index contributed by atoms with van der Waals surface area (Å²) < 4.78 is 0. The van der Waals surface area contributed by atoms with Gasteiger partial charge in [-0.15, -0.1) is 0 Å². The summed E-state index contributed by atoms with van der Waals surface area (Å²) in [4.78, 5) is 11.3. The third kappa shape index (κ3) is 3.42. The molecule has 4 nitrogen and oxygen atoms in total. The lowest BCUT2D eigenvalue weighted by Crippen LogP contribution is -2.37. The van der Waals surface area contributed by atoms with Crippen molar-refractivity contribution in [1.82, 2.24) is 9.97 Å². The van der Waals surface area contributed by atoms with Crippen LogP contribution in [0.1, 0.15) is 38.2 Å². The van der Waals surface area contributed by atoms with E-state index in [2.05, 4.69) is 21.8 Å². The van der Waals surface area contributed by atoms with Crippen molar-refractivity contribution in [3.05, 3.63) is 18.0 Å². The Labute approximate surface area is 110 Å². The minimum atomic E-state index is 0.685. The van der Waals surface area contributed by atoms with Crippen LogP contribution in [0.5, 0.6) is 0 Å². The van der Waals surface area contributed by atoms with Crippen molar-refractivity contribution in [2.75, 3.05) is 24.5 Å². The summed E-state index contributed by atoms with van der Waals surface area (Å²) in [5.74, 6) is 1.57. The molecule has 0 bridgehead atoms. The molecule has 1 fully saturated rings. The maximum Gasteiger partial charge on any atom is 0.225 e. The summed E-state index contributed by atoms with van der Waals surface area (Å²) in [6, 6.07) is 0. The molecule has 4 heteroatoms. The lowest BCUT2D eigenvalue weighted by atomic mass is 9.97. The van der Waals surface area contributed by atoms with Crippen molar-refractivity contribution in [3.8, 4) is 0 Å².